The average Bonchev–Trinajstić information content (AvgIpc) is 3.39. The van der Waals surface area contributed by atoms with Gasteiger partial charge in [-0.2, -0.15) is 0 Å². The van der Waals surface area contributed by atoms with Crippen LogP contribution in [0, 0.1) is 6.92 Å². The first kappa shape index (κ1) is 40.5. The lowest BCUT2D eigenvalue weighted by Gasteiger charge is -2.34. The third kappa shape index (κ3) is 15.5. The van der Waals surface area contributed by atoms with Crippen molar-refractivity contribution >= 4 is 46.6 Å². The molecular formula is C35H43N5O10. The topological polar surface area (TPSA) is 220 Å². The van der Waals surface area contributed by atoms with E-state index in [2.05, 4.69) is 25.8 Å². The lowest BCUT2D eigenvalue weighted by atomic mass is 10.1. The molecule has 0 aliphatic carbocycles. The number of carboxylic acids is 4. The summed E-state index contributed by atoms with van der Waals surface area (Å²) in [6, 6.07) is 16.1. The van der Waals surface area contributed by atoms with E-state index < -0.39 is 23.9 Å². The molecule has 4 rings (SSSR count). The van der Waals surface area contributed by atoms with E-state index in [1.165, 1.54) is 0 Å². The van der Waals surface area contributed by atoms with E-state index in [1.807, 2.05) is 63.2 Å². The molecule has 1 saturated heterocycles. The van der Waals surface area contributed by atoms with Crippen LogP contribution in [0.3, 0.4) is 0 Å². The number of Topliss-reactive ketones (excluding diaryl/α,β-unsaturated/α-hetero) is 1. The van der Waals surface area contributed by atoms with E-state index in [0.717, 1.165) is 60.7 Å². The highest BCUT2D eigenvalue weighted by Crippen LogP contribution is 2.19. The molecule has 1 fully saturated rings. The molecule has 0 atom stereocenters. The maximum absolute atomic E-state index is 12.8. The zero-order valence-electron chi connectivity index (χ0n) is 28.2. The fourth-order valence-corrected chi connectivity index (χ4v) is 4.75. The summed E-state index contributed by atoms with van der Waals surface area (Å²) in [7, 11) is 0. The molecule has 1 aliphatic rings. The summed E-state index contributed by atoms with van der Waals surface area (Å²) >= 11 is 0. The highest BCUT2D eigenvalue weighted by molar-refractivity contribution is 5.96. The van der Waals surface area contributed by atoms with Gasteiger partial charge in [0.1, 0.15) is 5.82 Å². The number of aliphatic carboxylic acids is 4. The number of nitrogens with one attached hydrogen (secondary N) is 1. The quantitative estimate of drug-likeness (QED) is 0.129. The summed E-state index contributed by atoms with van der Waals surface area (Å²) in [5.41, 5.74) is 3.94. The molecule has 0 radical (unpaired) electrons. The molecule has 1 aromatic heterocycles. The van der Waals surface area contributed by atoms with Gasteiger partial charge >= 0.3 is 23.9 Å². The molecule has 0 unspecified atom stereocenters. The molecule has 0 spiro atoms. The Kier molecular flexibility index (Phi) is 16.7. The molecule has 5 N–H and O–H groups in total. The summed E-state index contributed by atoms with van der Waals surface area (Å²) in [5.74, 6) is -3.80. The predicted octanol–water partition coefficient (Wildman–Crippen LogP) is 2.68. The van der Waals surface area contributed by atoms with Gasteiger partial charge in [-0.05, 0) is 32.9 Å². The second kappa shape index (κ2) is 20.6. The number of nitrogens with zero attached hydrogens (tertiary/aromatic N) is 4. The minimum Gasteiger partial charge on any atom is -0.478 e. The SMILES string of the molecule is Cc1ccc(C(=O)CCn2c(CN3CCN(CC(=O)NC(C)C)CC3)nc3ccccc32)cc1.O=C(O)/C=C/C(=O)O.O=C(O)/C=C/C(=O)O. The van der Waals surface area contributed by atoms with Crippen molar-refractivity contribution in [1.82, 2.24) is 24.7 Å². The Bertz CT molecular complexity index is 1620. The third-order valence-electron chi connectivity index (χ3n) is 7.05. The lowest BCUT2D eigenvalue weighted by Crippen LogP contribution is -2.49. The van der Waals surface area contributed by atoms with Crippen LogP contribution in [0.1, 0.15) is 42.0 Å². The van der Waals surface area contributed by atoms with E-state index in [1.54, 1.807) is 0 Å². The van der Waals surface area contributed by atoms with Crippen molar-refractivity contribution in [3.05, 3.63) is 89.8 Å². The van der Waals surface area contributed by atoms with Crippen LogP contribution in [0.25, 0.3) is 11.0 Å². The zero-order chi connectivity index (χ0) is 37.2. The van der Waals surface area contributed by atoms with Crippen LogP contribution < -0.4 is 5.32 Å². The standard InChI is InChI=1S/C27H35N5O2.2C4H4O4/c1-20(2)28-27(34)19-31-16-14-30(15-17-31)18-26-29-23-6-4-5-7-24(23)32(26)13-12-25(33)22-10-8-21(3)9-11-22;2*5-3(6)1-2-4(7)8/h4-11,20H,12-19H2,1-3H3,(H,28,34);2*1-2H,(H,5,6)(H,7,8)/b;2*2-1+. The van der Waals surface area contributed by atoms with Gasteiger partial charge in [0.05, 0.1) is 24.1 Å². The van der Waals surface area contributed by atoms with Crippen LogP contribution >= 0.6 is 0 Å². The minimum atomic E-state index is -1.26. The number of piperazine rings is 1. The molecule has 1 aliphatic heterocycles. The number of hydrogen-bond acceptors (Lipinski definition) is 9. The fourth-order valence-electron chi connectivity index (χ4n) is 4.75. The molecule has 15 nitrogen and oxygen atoms in total. The number of ketones is 1. The Labute approximate surface area is 289 Å². The molecule has 2 aromatic carbocycles. The van der Waals surface area contributed by atoms with E-state index in [-0.39, 0.29) is 17.7 Å². The van der Waals surface area contributed by atoms with Gasteiger partial charge in [0.2, 0.25) is 5.91 Å². The first-order valence-corrected chi connectivity index (χ1v) is 15.7. The number of amides is 1. The smallest absolute Gasteiger partial charge is 0.328 e. The summed E-state index contributed by atoms with van der Waals surface area (Å²) in [6.45, 7) is 11.3. The van der Waals surface area contributed by atoms with Crippen LogP contribution in [0.4, 0.5) is 0 Å². The second-order valence-electron chi connectivity index (χ2n) is 11.5. The summed E-state index contributed by atoms with van der Waals surface area (Å²) < 4.78 is 2.20. The van der Waals surface area contributed by atoms with Crippen molar-refractivity contribution in [3.8, 4) is 0 Å². The molecule has 1 amide bonds. The molecule has 15 heteroatoms. The minimum absolute atomic E-state index is 0.0866. The van der Waals surface area contributed by atoms with Gasteiger partial charge in [-0.3, -0.25) is 19.4 Å². The maximum Gasteiger partial charge on any atom is 0.328 e. The van der Waals surface area contributed by atoms with E-state index >= 15 is 0 Å². The van der Waals surface area contributed by atoms with Gasteiger partial charge in [-0.25, -0.2) is 24.2 Å². The maximum atomic E-state index is 12.8. The highest BCUT2D eigenvalue weighted by atomic mass is 16.4. The number of imidazole rings is 1. The molecule has 2 heterocycles. The Morgan fingerprint density at radius 3 is 1.76 bits per heavy atom. The van der Waals surface area contributed by atoms with Gasteiger partial charge in [-0.15, -0.1) is 0 Å². The average molecular weight is 694 g/mol. The highest BCUT2D eigenvalue weighted by Gasteiger charge is 2.22. The molecule has 0 bridgehead atoms. The normalized spacial score (nSPS) is 13.4. The van der Waals surface area contributed by atoms with E-state index in [4.69, 9.17) is 25.4 Å². The first-order chi connectivity index (χ1) is 23.6. The number of hydrogen-bond donors (Lipinski definition) is 5. The number of aromatic nitrogens is 2. The van der Waals surface area contributed by atoms with Gasteiger partial charge < -0.3 is 30.3 Å². The van der Waals surface area contributed by atoms with Crippen molar-refractivity contribution in [1.29, 1.82) is 0 Å². The summed E-state index contributed by atoms with van der Waals surface area (Å²) in [6.07, 6.45) is 2.67. The van der Waals surface area contributed by atoms with E-state index in [9.17, 15) is 28.8 Å². The number of carboxylic acid groups (broad SMARTS) is 4. The number of aryl methyl sites for hydroxylation is 2. The number of para-hydroxylation sites is 2. The number of carbonyl (C=O) groups is 6. The van der Waals surface area contributed by atoms with Crippen LogP contribution in [0.5, 0.6) is 0 Å². The summed E-state index contributed by atoms with van der Waals surface area (Å²) in [5, 5.41) is 34.2. The molecule has 268 valence electrons. The Hall–Kier alpha value is -5.67. The largest absolute Gasteiger partial charge is 0.478 e. The fraction of sp³-hybridized carbons (Fsp3) is 0.343. The number of benzene rings is 2. The van der Waals surface area contributed by atoms with Crippen LogP contribution in [0.2, 0.25) is 0 Å². The van der Waals surface area contributed by atoms with Crippen LogP contribution in [0.15, 0.2) is 72.8 Å². The van der Waals surface area contributed by atoms with Crippen molar-refractivity contribution in [2.45, 2.75) is 46.3 Å². The summed E-state index contributed by atoms with van der Waals surface area (Å²) in [4.78, 5) is 72.6. The molecular weight excluding hydrogens is 650 g/mol. The number of rotatable bonds is 13. The van der Waals surface area contributed by atoms with Crippen molar-refractivity contribution in [2.24, 2.45) is 0 Å². The van der Waals surface area contributed by atoms with E-state index in [0.29, 0.717) is 43.8 Å². The molecule has 50 heavy (non-hydrogen) atoms. The van der Waals surface area contributed by atoms with Gasteiger partial charge in [0.25, 0.3) is 0 Å². The monoisotopic (exact) mass is 693 g/mol. The second-order valence-corrected chi connectivity index (χ2v) is 11.5. The van der Waals surface area contributed by atoms with Crippen molar-refractivity contribution in [3.63, 3.8) is 0 Å². The van der Waals surface area contributed by atoms with Crippen LogP contribution in [-0.2, 0) is 37.1 Å². The number of carbonyl (C=O) groups excluding carboxylic acids is 2. The Morgan fingerprint density at radius 1 is 0.760 bits per heavy atom. The van der Waals surface area contributed by atoms with Crippen LogP contribution in [-0.4, -0.2) is 114 Å². The zero-order valence-corrected chi connectivity index (χ0v) is 28.2. The molecule has 0 saturated carbocycles. The van der Waals surface area contributed by atoms with Gasteiger partial charge in [0.15, 0.2) is 5.78 Å². The van der Waals surface area contributed by atoms with Gasteiger partial charge in [0, 0.05) is 75.1 Å². The lowest BCUT2D eigenvalue weighted by molar-refractivity contribution is -0.134. The Balaban J connectivity index is 0.000000450. The first-order valence-electron chi connectivity index (χ1n) is 15.7. The Morgan fingerprint density at radius 2 is 1.26 bits per heavy atom. The van der Waals surface area contributed by atoms with Gasteiger partial charge in [-0.1, -0.05) is 42.0 Å². The van der Waals surface area contributed by atoms with Crippen molar-refractivity contribution < 1.29 is 49.2 Å². The predicted molar refractivity (Wildman–Crippen MR) is 184 cm³/mol. The third-order valence-corrected chi connectivity index (χ3v) is 7.05. The van der Waals surface area contributed by atoms with Crippen molar-refractivity contribution in [2.75, 3.05) is 32.7 Å². The molecule has 3 aromatic rings. The number of fused-ring (bicyclic) bond motifs is 1.